The Morgan fingerprint density at radius 2 is 1.41 bits per heavy atom. The van der Waals surface area contributed by atoms with Crippen LogP contribution in [0.15, 0.2) is 12.2 Å². The van der Waals surface area contributed by atoms with Gasteiger partial charge in [0.05, 0.1) is 0 Å². The second-order valence-electron chi connectivity index (χ2n) is 7.16. The zero-order valence-electron chi connectivity index (χ0n) is 17.5. The Hall–Kier alpha value is -0.480. The molecule has 0 fully saturated rings. The van der Waals surface area contributed by atoms with Gasteiger partial charge in [-0.05, 0) is 38.5 Å². The lowest BCUT2D eigenvalue weighted by Gasteiger charge is -2.17. The van der Waals surface area contributed by atoms with E-state index in [4.69, 9.17) is 14.3 Å². The maximum absolute atomic E-state index is 11.8. The van der Waals surface area contributed by atoms with Gasteiger partial charge in [0.25, 0.3) is 0 Å². The molecule has 0 aliphatic carbocycles. The van der Waals surface area contributed by atoms with E-state index in [1.165, 1.54) is 57.8 Å². The topological polar surface area (TPSA) is 78.8 Å². The van der Waals surface area contributed by atoms with Crippen LogP contribution >= 0.6 is 8.60 Å². The SMILES string of the molecule is CCCCCCCC/C=C\CCCCCCCC(=O)NC(CC)OP(O)O. The van der Waals surface area contributed by atoms with Crippen LogP contribution in [0.3, 0.4) is 0 Å². The van der Waals surface area contributed by atoms with Crippen LogP contribution in [0.2, 0.25) is 0 Å². The fraction of sp³-hybridized carbons (Fsp3) is 0.857. The highest BCUT2D eigenvalue weighted by molar-refractivity contribution is 7.39. The minimum absolute atomic E-state index is 0.0867. The Balaban J connectivity index is 3.39. The summed E-state index contributed by atoms with van der Waals surface area (Å²) in [6.07, 6.45) is 21.1. The van der Waals surface area contributed by atoms with Crippen LogP contribution in [0.4, 0.5) is 0 Å². The van der Waals surface area contributed by atoms with E-state index in [1.54, 1.807) is 0 Å². The molecule has 6 heteroatoms. The van der Waals surface area contributed by atoms with Gasteiger partial charge in [0.1, 0.15) is 6.23 Å². The predicted octanol–water partition coefficient (Wildman–Crippen LogP) is 6.10. The second-order valence-corrected chi connectivity index (χ2v) is 7.87. The molecule has 27 heavy (non-hydrogen) atoms. The molecular weight excluding hydrogens is 361 g/mol. The summed E-state index contributed by atoms with van der Waals surface area (Å²) in [5, 5.41) is 2.67. The van der Waals surface area contributed by atoms with Gasteiger partial charge in [-0.2, -0.15) is 0 Å². The summed E-state index contributed by atoms with van der Waals surface area (Å²) < 4.78 is 4.84. The van der Waals surface area contributed by atoms with Crippen LogP contribution in [-0.4, -0.2) is 21.9 Å². The third-order valence-electron chi connectivity index (χ3n) is 4.58. The van der Waals surface area contributed by atoms with E-state index in [2.05, 4.69) is 24.4 Å². The van der Waals surface area contributed by atoms with Crippen molar-refractivity contribution in [1.29, 1.82) is 0 Å². The van der Waals surface area contributed by atoms with Crippen molar-refractivity contribution in [1.82, 2.24) is 5.32 Å². The molecule has 0 saturated heterocycles. The van der Waals surface area contributed by atoms with Crippen molar-refractivity contribution in [3.63, 3.8) is 0 Å². The molecule has 5 nitrogen and oxygen atoms in total. The van der Waals surface area contributed by atoms with Crippen LogP contribution in [0, 0.1) is 0 Å². The normalized spacial score (nSPS) is 12.8. The maximum atomic E-state index is 11.8. The first-order chi connectivity index (χ1) is 13.1. The molecule has 0 bridgehead atoms. The van der Waals surface area contributed by atoms with Crippen molar-refractivity contribution in [3.8, 4) is 0 Å². The summed E-state index contributed by atoms with van der Waals surface area (Å²) in [6.45, 7) is 4.08. The average molecular weight is 404 g/mol. The molecule has 0 saturated carbocycles. The van der Waals surface area contributed by atoms with E-state index in [-0.39, 0.29) is 5.91 Å². The summed E-state index contributed by atoms with van der Waals surface area (Å²) in [5.74, 6) is -0.0867. The minimum atomic E-state index is -2.43. The molecule has 0 radical (unpaired) electrons. The molecule has 3 N–H and O–H groups in total. The highest BCUT2D eigenvalue weighted by Crippen LogP contribution is 2.26. The molecule has 0 aromatic heterocycles. The molecule has 0 spiro atoms. The Morgan fingerprint density at radius 3 is 1.93 bits per heavy atom. The number of unbranched alkanes of at least 4 members (excludes halogenated alkanes) is 11. The van der Waals surface area contributed by atoms with E-state index in [0.717, 1.165) is 25.7 Å². The number of amides is 1. The van der Waals surface area contributed by atoms with E-state index in [9.17, 15) is 4.79 Å². The third-order valence-corrected chi connectivity index (χ3v) is 5.02. The number of hydrogen-bond donors (Lipinski definition) is 3. The Morgan fingerprint density at radius 1 is 0.889 bits per heavy atom. The first kappa shape index (κ1) is 26.5. The lowest BCUT2D eigenvalue weighted by Crippen LogP contribution is -2.35. The van der Waals surface area contributed by atoms with Gasteiger partial charge in [0.2, 0.25) is 5.91 Å². The van der Waals surface area contributed by atoms with E-state index in [1.807, 2.05) is 6.92 Å². The maximum Gasteiger partial charge on any atom is 0.329 e. The molecule has 0 aromatic rings. The second kappa shape index (κ2) is 20.3. The van der Waals surface area contributed by atoms with Gasteiger partial charge in [-0.15, -0.1) is 0 Å². The summed E-state index contributed by atoms with van der Waals surface area (Å²) in [4.78, 5) is 29.4. The minimum Gasteiger partial charge on any atom is -0.330 e. The van der Waals surface area contributed by atoms with Crippen molar-refractivity contribution in [2.24, 2.45) is 0 Å². The fourth-order valence-corrected chi connectivity index (χ4v) is 3.35. The van der Waals surface area contributed by atoms with Crippen molar-refractivity contribution < 1.29 is 19.1 Å². The molecule has 0 heterocycles. The summed E-state index contributed by atoms with van der Waals surface area (Å²) in [7, 11) is -2.43. The van der Waals surface area contributed by atoms with Gasteiger partial charge in [-0.1, -0.05) is 77.4 Å². The zero-order valence-corrected chi connectivity index (χ0v) is 18.4. The van der Waals surface area contributed by atoms with Crippen LogP contribution in [0.25, 0.3) is 0 Å². The van der Waals surface area contributed by atoms with Gasteiger partial charge < -0.3 is 15.1 Å². The largest absolute Gasteiger partial charge is 0.330 e. The highest BCUT2D eigenvalue weighted by Gasteiger charge is 2.14. The van der Waals surface area contributed by atoms with Crippen molar-refractivity contribution >= 4 is 14.5 Å². The van der Waals surface area contributed by atoms with E-state index in [0.29, 0.717) is 12.8 Å². The van der Waals surface area contributed by atoms with E-state index < -0.39 is 14.8 Å². The van der Waals surface area contributed by atoms with Crippen LogP contribution in [0.1, 0.15) is 110 Å². The average Bonchev–Trinajstić information content (AvgIpc) is 2.64. The fourth-order valence-electron chi connectivity index (χ4n) is 2.92. The van der Waals surface area contributed by atoms with Gasteiger partial charge in [-0.25, -0.2) is 0 Å². The quantitative estimate of drug-likeness (QED) is 0.105. The standard InChI is InChI=1S/C21H42NO4P/c1-3-5-6-7-8-9-10-11-12-13-14-15-16-17-18-19-20(23)22-21(4-2)26-27(24)25/h11-12,21,24-25H,3-10,13-19H2,1-2H3,(H,22,23)/b12-11-. The third kappa shape index (κ3) is 20.1. The molecule has 1 unspecified atom stereocenters. The van der Waals surface area contributed by atoms with Crippen LogP contribution < -0.4 is 5.32 Å². The Kier molecular flexibility index (Phi) is 19.9. The van der Waals surface area contributed by atoms with E-state index >= 15 is 0 Å². The molecular formula is C21H42NO4P. The Labute approximate surface area is 168 Å². The van der Waals surface area contributed by atoms with Crippen LogP contribution in [0.5, 0.6) is 0 Å². The molecule has 0 aliphatic heterocycles. The highest BCUT2D eigenvalue weighted by atomic mass is 31.2. The molecule has 160 valence electrons. The Bertz CT molecular complexity index is 364. The number of hydrogen-bond acceptors (Lipinski definition) is 4. The smallest absolute Gasteiger partial charge is 0.329 e. The van der Waals surface area contributed by atoms with Crippen molar-refractivity contribution in [3.05, 3.63) is 12.2 Å². The number of allylic oxidation sites excluding steroid dienone is 2. The van der Waals surface area contributed by atoms with Gasteiger partial charge in [0, 0.05) is 6.42 Å². The predicted molar refractivity (Wildman–Crippen MR) is 114 cm³/mol. The monoisotopic (exact) mass is 403 g/mol. The zero-order chi connectivity index (χ0) is 20.2. The lowest BCUT2D eigenvalue weighted by molar-refractivity contribution is -0.123. The summed E-state index contributed by atoms with van der Waals surface area (Å²) in [5.41, 5.74) is 0. The summed E-state index contributed by atoms with van der Waals surface area (Å²) >= 11 is 0. The number of rotatable bonds is 19. The molecule has 0 rings (SSSR count). The number of nitrogens with one attached hydrogen (secondary N) is 1. The van der Waals surface area contributed by atoms with Gasteiger partial charge in [-0.3, -0.25) is 9.32 Å². The van der Waals surface area contributed by atoms with Crippen LogP contribution in [-0.2, 0) is 9.32 Å². The van der Waals surface area contributed by atoms with Gasteiger partial charge >= 0.3 is 8.60 Å². The summed E-state index contributed by atoms with van der Waals surface area (Å²) in [6, 6.07) is 0. The number of carbonyl (C=O) groups is 1. The first-order valence-corrected chi connectivity index (χ1v) is 12.1. The number of carbonyl (C=O) groups excluding carboxylic acids is 1. The van der Waals surface area contributed by atoms with Crippen molar-refractivity contribution in [2.45, 2.75) is 116 Å². The van der Waals surface area contributed by atoms with Gasteiger partial charge in [0.15, 0.2) is 0 Å². The lowest BCUT2D eigenvalue weighted by atomic mass is 10.1. The first-order valence-electron chi connectivity index (χ1n) is 10.9. The van der Waals surface area contributed by atoms with Crippen molar-refractivity contribution in [2.75, 3.05) is 0 Å². The molecule has 1 atom stereocenters. The molecule has 0 aliphatic rings. The molecule has 0 aromatic carbocycles. The molecule has 1 amide bonds.